The minimum Gasteiger partial charge on any atom is -0.324 e. The number of benzene rings is 3. The largest absolute Gasteiger partial charge is 0.416 e. The average molecular weight is 527 g/mol. The molecule has 0 saturated carbocycles. The number of nitrogens with zero attached hydrogens (tertiary/aromatic N) is 2. The van der Waals surface area contributed by atoms with E-state index in [1.807, 2.05) is 30.3 Å². The zero-order valence-electron chi connectivity index (χ0n) is 18.8. The molecule has 0 fully saturated rings. The standard InChI is InChI=1S/C25H18ClF3N6O2/c26-21-10-9-18(35-24(37)34-17-8-4-5-15(11-17)25(27,28)29)12-20(21)22(36)32-19-13-30-23(31-14-19)33-16-6-2-1-3-7-16/h1-14H,(H,32,36)(H,30,31,33)(H2,34,35,37). The zero-order chi connectivity index (χ0) is 26.4. The lowest BCUT2D eigenvalue weighted by Gasteiger charge is -2.12. The second-order valence-electron chi connectivity index (χ2n) is 7.59. The van der Waals surface area contributed by atoms with E-state index in [-0.39, 0.29) is 22.0 Å². The van der Waals surface area contributed by atoms with Gasteiger partial charge in [0.05, 0.1) is 34.2 Å². The van der Waals surface area contributed by atoms with Crippen LogP contribution in [-0.4, -0.2) is 21.9 Å². The quantitative estimate of drug-likeness (QED) is 0.221. The lowest BCUT2D eigenvalue weighted by atomic mass is 10.2. The molecule has 0 aliphatic heterocycles. The molecule has 4 N–H and O–H groups in total. The van der Waals surface area contributed by atoms with Crippen molar-refractivity contribution in [2.75, 3.05) is 21.3 Å². The van der Waals surface area contributed by atoms with Crippen molar-refractivity contribution < 1.29 is 22.8 Å². The minimum absolute atomic E-state index is 0.0463. The first-order valence-electron chi connectivity index (χ1n) is 10.7. The van der Waals surface area contributed by atoms with Gasteiger partial charge in [-0.3, -0.25) is 4.79 Å². The normalized spacial score (nSPS) is 10.9. The van der Waals surface area contributed by atoms with Crippen molar-refractivity contribution in [3.63, 3.8) is 0 Å². The number of carbonyl (C=O) groups excluding carboxylic acids is 2. The molecule has 3 amide bonds. The first kappa shape index (κ1) is 25.5. The van der Waals surface area contributed by atoms with Gasteiger partial charge >= 0.3 is 12.2 Å². The zero-order valence-corrected chi connectivity index (χ0v) is 19.6. The maximum Gasteiger partial charge on any atom is 0.416 e. The van der Waals surface area contributed by atoms with Gasteiger partial charge in [-0.05, 0) is 48.5 Å². The number of anilines is 5. The minimum atomic E-state index is -4.55. The van der Waals surface area contributed by atoms with Gasteiger partial charge in [0.15, 0.2) is 0 Å². The topological polar surface area (TPSA) is 108 Å². The molecule has 0 unspecified atom stereocenters. The first-order valence-corrected chi connectivity index (χ1v) is 11.1. The van der Waals surface area contributed by atoms with Gasteiger partial charge in [-0.1, -0.05) is 35.9 Å². The Hall–Kier alpha value is -4.64. The number of aromatic nitrogens is 2. The van der Waals surface area contributed by atoms with E-state index < -0.39 is 23.7 Å². The van der Waals surface area contributed by atoms with E-state index in [9.17, 15) is 22.8 Å². The Morgan fingerprint density at radius 3 is 2.05 bits per heavy atom. The van der Waals surface area contributed by atoms with Gasteiger partial charge in [0, 0.05) is 17.1 Å². The third-order valence-electron chi connectivity index (χ3n) is 4.86. The summed E-state index contributed by atoms with van der Waals surface area (Å²) in [5, 5.41) is 10.5. The number of alkyl halides is 3. The van der Waals surface area contributed by atoms with Gasteiger partial charge in [0.2, 0.25) is 5.95 Å². The van der Waals surface area contributed by atoms with Gasteiger partial charge in [-0.25, -0.2) is 14.8 Å². The van der Waals surface area contributed by atoms with Gasteiger partial charge in [-0.2, -0.15) is 13.2 Å². The number of nitrogens with one attached hydrogen (secondary N) is 4. The van der Waals surface area contributed by atoms with E-state index >= 15 is 0 Å². The maximum atomic E-state index is 12.9. The van der Waals surface area contributed by atoms with Crippen LogP contribution in [0.4, 0.5) is 46.7 Å². The summed E-state index contributed by atoms with van der Waals surface area (Å²) < 4.78 is 38.7. The summed E-state index contributed by atoms with van der Waals surface area (Å²) in [5.74, 6) is -0.250. The van der Waals surface area contributed by atoms with Crippen LogP contribution in [0.1, 0.15) is 15.9 Å². The van der Waals surface area contributed by atoms with Crippen LogP contribution in [-0.2, 0) is 6.18 Å². The fourth-order valence-electron chi connectivity index (χ4n) is 3.15. The first-order chi connectivity index (χ1) is 17.7. The third-order valence-corrected chi connectivity index (χ3v) is 5.19. The van der Waals surface area contributed by atoms with Crippen molar-refractivity contribution in [2.45, 2.75) is 6.18 Å². The van der Waals surface area contributed by atoms with Crippen molar-refractivity contribution in [1.29, 1.82) is 0 Å². The smallest absolute Gasteiger partial charge is 0.324 e. The van der Waals surface area contributed by atoms with Gasteiger partial charge in [-0.15, -0.1) is 0 Å². The van der Waals surface area contributed by atoms with Crippen molar-refractivity contribution in [3.05, 3.63) is 101 Å². The molecule has 0 aliphatic carbocycles. The Kier molecular flexibility index (Phi) is 7.54. The molecular formula is C25H18ClF3N6O2. The summed E-state index contributed by atoms with van der Waals surface area (Å²) in [7, 11) is 0. The average Bonchev–Trinajstić information content (AvgIpc) is 2.86. The molecule has 188 valence electrons. The van der Waals surface area contributed by atoms with Crippen LogP contribution < -0.4 is 21.3 Å². The van der Waals surface area contributed by atoms with Gasteiger partial charge < -0.3 is 21.3 Å². The van der Waals surface area contributed by atoms with Crippen LogP contribution in [0.25, 0.3) is 0 Å². The number of hydrogen-bond acceptors (Lipinski definition) is 5. The predicted octanol–water partition coefficient (Wildman–Crippen LogP) is 6.79. The molecule has 0 atom stereocenters. The number of carbonyl (C=O) groups is 2. The highest BCUT2D eigenvalue weighted by molar-refractivity contribution is 6.34. The fraction of sp³-hybridized carbons (Fsp3) is 0.0400. The van der Waals surface area contributed by atoms with Crippen LogP contribution in [0.2, 0.25) is 5.02 Å². The Morgan fingerprint density at radius 1 is 0.730 bits per heavy atom. The van der Waals surface area contributed by atoms with Crippen molar-refractivity contribution in [3.8, 4) is 0 Å². The lowest BCUT2D eigenvalue weighted by Crippen LogP contribution is -2.20. The number of para-hydroxylation sites is 1. The highest BCUT2D eigenvalue weighted by Gasteiger charge is 2.30. The number of amides is 3. The molecular weight excluding hydrogens is 509 g/mol. The summed E-state index contributed by atoms with van der Waals surface area (Å²) in [6.07, 6.45) is -1.72. The van der Waals surface area contributed by atoms with E-state index in [4.69, 9.17) is 11.6 Å². The molecule has 0 saturated heterocycles. The molecule has 3 aromatic carbocycles. The second kappa shape index (κ2) is 11.0. The Morgan fingerprint density at radius 2 is 1.38 bits per heavy atom. The predicted molar refractivity (Wildman–Crippen MR) is 135 cm³/mol. The van der Waals surface area contributed by atoms with Crippen LogP contribution >= 0.6 is 11.6 Å². The Balaban J connectivity index is 1.39. The number of urea groups is 1. The molecule has 37 heavy (non-hydrogen) atoms. The van der Waals surface area contributed by atoms with E-state index in [1.54, 1.807) is 0 Å². The third kappa shape index (κ3) is 6.95. The van der Waals surface area contributed by atoms with Crippen molar-refractivity contribution in [1.82, 2.24) is 9.97 Å². The number of halogens is 4. The van der Waals surface area contributed by atoms with Crippen LogP contribution in [0, 0.1) is 0 Å². The summed E-state index contributed by atoms with van der Waals surface area (Å²) in [6, 6.07) is 16.9. The fourth-order valence-corrected chi connectivity index (χ4v) is 3.35. The highest BCUT2D eigenvalue weighted by Crippen LogP contribution is 2.30. The Labute approximate surface area is 213 Å². The highest BCUT2D eigenvalue weighted by atomic mass is 35.5. The lowest BCUT2D eigenvalue weighted by molar-refractivity contribution is -0.137. The molecule has 1 heterocycles. The molecule has 8 nitrogen and oxygen atoms in total. The van der Waals surface area contributed by atoms with Gasteiger partial charge in [0.1, 0.15) is 0 Å². The molecule has 12 heteroatoms. The van der Waals surface area contributed by atoms with Crippen molar-refractivity contribution >= 4 is 52.2 Å². The molecule has 4 aromatic rings. The molecule has 4 rings (SSSR count). The summed E-state index contributed by atoms with van der Waals surface area (Å²) in [6.45, 7) is 0. The summed E-state index contributed by atoms with van der Waals surface area (Å²) in [5.41, 5.74) is 0.392. The maximum absolute atomic E-state index is 12.9. The second-order valence-corrected chi connectivity index (χ2v) is 8.00. The van der Waals surface area contributed by atoms with Crippen LogP contribution in [0.3, 0.4) is 0 Å². The molecule has 1 aromatic heterocycles. The molecule has 0 spiro atoms. The SMILES string of the molecule is O=C(Nc1cccc(C(F)(F)F)c1)Nc1ccc(Cl)c(C(=O)Nc2cnc(Nc3ccccc3)nc2)c1. The van der Waals surface area contributed by atoms with E-state index in [1.165, 1.54) is 42.7 Å². The van der Waals surface area contributed by atoms with Crippen LogP contribution in [0.15, 0.2) is 85.2 Å². The van der Waals surface area contributed by atoms with Crippen molar-refractivity contribution in [2.24, 2.45) is 0 Å². The van der Waals surface area contributed by atoms with E-state index in [2.05, 4.69) is 31.2 Å². The number of rotatable bonds is 6. The molecule has 0 aliphatic rings. The van der Waals surface area contributed by atoms with E-state index in [0.717, 1.165) is 17.8 Å². The Bertz CT molecular complexity index is 1420. The van der Waals surface area contributed by atoms with Gasteiger partial charge in [0.25, 0.3) is 5.91 Å². The molecule has 0 radical (unpaired) electrons. The molecule has 0 bridgehead atoms. The monoisotopic (exact) mass is 526 g/mol. The summed E-state index contributed by atoms with van der Waals surface area (Å²) in [4.78, 5) is 33.4. The van der Waals surface area contributed by atoms with E-state index in [0.29, 0.717) is 11.6 Å². The summed E-state index contributed by atoms with van der Waals surface area (Å²) >= 11 is 6.16. The number of hydrogen-bond donors (Lipinski definition) is 4. The van der Waals surface area contributed by atoms with Crippen LogP contribution in [0.5, 0.6) is 0 Å².